The van der Waals surface area contributed by atoms with Gasteiger partial charge in [-0.2, -0.15) is 0 Å². The third-order valence-corrected chi connectivity index (χ3v) is 6.87. The number of aromatic nitrogens is 1. The first-order valence-electron chi connectivity index (χ1n) is 8.94. The molecule has 0 aliphatic carbocycles. The van der Waals surface area contributed by atoms with Gasteiger partial charge in [0.05, 0.1) is 17.5 Å². The Labute approximate surface area is 150 Å². The summed E-state index contributed by atoms with van der Waals surface area (Å²) in [5.41, 5.74) is 2.02. The molecule has 2 saturated heterocycles. The van der Waals surface area contributed by atoms with Crippen molar-refractivity contribution in [2.45, 2.75) is 39.3 Å². The fraction of sp³-hybridized carbons (Fsp3) is 0.667. The van der Waals surface area contributed by atoms with E-state index in [1.807, 2.05) is 39.0 Å². The van der Waals surface area contributed by atoms with Crippen LogP contribution in [-0.2, 0) is 21.1 Å². The van der Waals surface area contributed by atoms with Gasteiger partial charge in [-0.25, -0.2) is 8.42 Å². The molecule has 0 bridgehead atoms. The second kappa shape index (κ2) is 7.03. The number of amides is 1. The maximum Gasteiger partial charge on any atom is 0.225 e. The predicted molar refractivity (Wildman–Crippen MR) is 97.0 cm³/mol. The molecular weight excluding hydrogens is 338 g/mol. The lowest BCUT2D eigenvalue weighted by Crippen LogP contribution is -2.61. The Bertz CT molecular complexity index is 748. The SMILES string of the molecule is Cc1cccc(CCN2CCN(C(=O)C(C)C)[C@@H]3CS(=O)(=O)C[C@@H]32)n1. The predicted octanol–water partition coefficient (Wildman–Crippen LogP) is 0.898. The number of pyridine rings is 1. The Kier molecular flexibility index (Phi) is 5.16. The van der Waals surface area contributed by atoms with E-state index in [-0.39, 0.29) is 35.4 Å². The highest BCUT2D eigenvalue weighted by Crippen LogP contribution is 2.28. The van der Waals surface area contributed by atoms with Gasteiger partial charge in [0.15, 0.2) is 9.84 Å². The van der Waals surface area contributed by atoms with E-state index in [1.165, 1.54) is 0 Å². The van der Waals surface area contributed by atoms with Crippen molar-refractivity contribution in [3.63, 3.8) is 0 Å². The van der Waals surface area contributed by atoms with Gasteiger partial charge in [0.2, 0.25) is 5.91 Å². The summed E-state index contributed by atoms with van der Waals surface area (Å²) in [4.78, 5) is 21.1. The van der Waals surface area contributed by atoms with Crippen LogP contribution in [0.2, 0.25) is 0 Å². The van der Waals surface area contributed by atoms with Crippen molar-refractivity contribution < 1.29 is 13.2 Å². The van der Waals surface area contributed by atoms with Gasteiger partial charge >= 0.3 is 0 Å². The van der Waals surface area contributed by atoms with Crippen LogP contribution >= 0.6 is 0 Å². The molecule has 1 aromatic heterocycles. The van der Waals surface area contributed by atoms with Crippen LogP contribution in [0.3, 0.4) is 0 Å². The fourth-order valence-electron chi connectivity index (χ4n) is 3.90. The number of carbonyl (C=O) groups is 1. The number of rotatable bonds is 4. The van der Waals surface area contributed by atoms with Gasteiger partial charge in [-0.3, -0.25) is 14.7 Å². The third-order valence-electron chi connectivity index (χ3n) is 5.17. The van der Waals surface area contributed by atoms with Crippen LogP contribution in [0.4, 0.5) is 0 Å². The summed E-state index contributed by atoms with van der Waals surface area (Å²) in [6, 6.07) is 5.68. The maximum absolute atomic E-state index is 12.5. The second-order valence-corrected chi connectivity index (χ2v) is 9.61. The van der Waals surface area contributed by atoms with Crippen LogP contribution in [0.5, 0.6) is 0 Å². The summed E-state index contributed by atoms with van der Waals surface area (Å²) in [6.07, 6.45) is 0.795. The van der Waals surface area contributed by atoms with E-state index in [0.29, 0.717) is 6.54 Å². The highest BCUT2D eigenvalue weighted by atomic mass is 32.2. The summed E-state index contributed by atoms with van der Waals surface area (Å²) in [5, 5.41) is 0. The monoisotopic (exact) mass is 365 g/mol. The minimum atomic E-state index is -3.09. The Hall–Kier alpha value is -1.47. The van der Waals surface area contributed by atoms with E-state index in [4.69, 9.17) is 0 Å². The van der Waals surface area contributed by atoms with Crippen molar-refractivity contribution in [2.75, 3.05) is 31.1 Å². The topological polar surface area (TPSA) is 70.6 Å². The first-order chi connectivity index (χ1) is 11.8. The van der Waals surface area contributed by atoms with Gasteiger partial charge in [-0.1, -0.05) is 19.9 Å². The van der Waals surface area contributed by atoms with Crippen molar-refractivity contribution in [3.05, 3.63) is 29.6 Å². The molecule has 1 aromatic rings. The van der Waals surface area contributed by atoms with Crippen molar-refractivity contribution in [1.29, 1.82) is 0 Å². The zero-order valence-electron chi connectivity index (χ0n) is 15.2. The molecule has 7 heteroatoms. The molecular formula is C18H27N3O3S. The average Bonchev–Trinajstić information content (AvgIpc) is 2.87. The minimum absolute atomic E-state index is 0.0621. The summed E-state index contributed by atoms with van der Waals surface area (Å²) in [6.45, 7) is 7.82. The number of hydrogen-bond acceptors (Lipinski definition) is 5. The molecule has 6 nitrogen and oxygen atoms in total. The Balaban J connectivity index is 1.73. The summed E-state index contributed by atoms with van der Waals surface area (Å²) in [7, 11) is -3.09. The average molecular weight is 365 g/mol. The lowest BCUT2D eigenvalue weighted by molar-refractivity contribution is -0.140. The van der Waals surface area contributed by atoms with Gasteiger partial charge < -0.3 is 4.90 Å². The fourth-order valence-corrected chi connectivity index (χ4v) is 5.92. The molecule has 2 fully saturated rings. The molecule has 2 atom stereocenters. The number of fused-ring (bicyclic) bond motifs is 1. The first kappa shape index (κ1) is 18.3. The Morgan fingerprint density at radius 2 is 1.96 bits per heavy atom. The molecule has 1 amide bonds. The standard InChI is InChI=1S/C18H27N3O3S/c1-13(2)18(22)21-10-9-20(16-11-25(23,24)12-17(16)21)8-7-15-6-4-5-14(3)19-15/h4-6,13,16-17H,7-12H2,1-3H3/t16-,17+/m0/s1. The highest BCUT2D eigenvalue weighted by Gasteiger charge is 2.47. The minimum Gasteiger partial charge on any atom is -0.336 e. The lowest BCUT2D eigenvalue weighted by Gasteiger charge is -2.44. The van der Waals surface area contributed by atoms with E-state index < -0.39 is 9.84 Å². The Morgan fingerprint density at radius 3 is 2.64 bits per heavy atom. The van der Waals surface area contributed by atoms with Crippen molar-refractivity contribution >= 4 is 15.7 Å². The molecule has 0 unspecified atom stereocenters. The number of carbonyl (C=O) groups excluding carboxylic acids is 1. The summed E-state index contributed by atoms with van der Waals surface area (Å²) in [5.74, 6) is 0.204. The second-order valence-electron chi connectivity index (χ2n) is 7.45. The van der Waals surface area contributed by atoms with Crippen molar-refractivity contribution in [3.8, 4) is 0 Å². The van der Waals surface area contributed by atoms with E-state index >= 15 is 0 Å². The third kappa shape index (κ3) is 4.03. The number of sulfone groups is 1. The highest BCUT2D eigenvalue weighted by molar-refractivity contribution is 7.91. The van der Waals surface area contributed by atoms with Gasteiger partial charge in [0.1, 0.15) is 0 Å². The Morgan fingerprint density at radius 1 is 1.24 bits per heavy atom. The van der Waals surface area contributed by atoms with Gasteiger partial charge in [-0.05, 0) is 19.1 Å². The quantitative estimate of drug-likeness (QED) is 0.793. The van der Waals surface area contributed by atoms with Crippen LogP contribution in [0, 0.1) is 12.8 Å². The van der Waals surface area contributed by atoms with Crippen LogP contribution in [0.15, 0.2) is 18.2 Å². The molecule has 0 saturated carbocycles. The first-order valence-corrected chi connectivity index (χ1v) is 10.8. The van der Waals surface area contributed by atoms with Crippen molar-refractivity contribution in [2.24, 2.45) is 5.92 Å². The molecule has 2 aliphatic heterocycles. The van der Waals surface area contributed by atoms with Crippen LogP contribution in [0.1, 0.15) is 25.2 Å². The van der Waals surface area contributed by atoms with E-state index in [9.17, 15) is 13.2 Å². The maximum atomic E-state index is 12.5. The molecule has 0 N–H and O–H groups in total. The van der Waals surface area contributed by atoms with Crippen molar-refractivity contribution in [1.82, 2.24) is 14.8 Å². The van der Waals surface area contributed by atoms with Crippen LogP contribution < -0.4 is 0 Å². The zero-order chi connectivity index (χ0) is 18.2. The molecule has 0 spiro atoms. The molecule has 138 valence electrons. The molecule has 25 heavy (non-hydrogen) atoms. The zero-order valence-corrected chi connectivity index (χ0v) is 16.0. The number of hydrogen-bond donors (Lipinski definition) is 0. The van der Waals surface area contributed by atoms with Crippen LogP contribution in [-0.4, -0.2) is 72.3 Å². The molecule has 0 radical (unpaired) electrons. The van der Waals surface area contributed by atoms with Gasteiger partial charge in [0.25, 0.3) is 0 Å². The smallest absolute Gasteiger partial charge is 0.225 e. The molecule has 0 aromatic carbocycles. The van der Waals surface area contributed by atoms with Crippen LogP contribution in [0.25, 0.3) is 0 Å². The molecule has 2 aliphatic rings. The number of nitrogens with zero attached hydrogens (tertiary/aromatic N) is 3. The van der Waals surface area contributed by atoms with E-state index in [1.54, 1.807) is 4.90 Å². The summed E-state index contributed by atoms with van der Waals surface area (Å²) >= 11 is 0. The molecule has 3 rings (SSSR count). The van der Waals surface area contributed by atoms with E-state index in [2.05, 4.69) is 9.88 Å². The van der Waals surface area contributed by atoms with Gasteiger partial charge in [0, 0.05) is 49.4 Å². The largest absolute Gasteiger partial charge is 0.336 e. The normalized spacial score (nSPS) is 26.0. The number of aryl methyl sites for hydroxylation is 1. The van der Waals surface area contributed by atoms with Gasteiger partial charge in [-0.15, -0.1) is 0 Å². The molecule has 3 heterocycles. The summed E-state index contributed by atoms with van der Waals surface area (Å²) < 4.78 is 24.4. The lowest BCUT2D eigenvalue weighted by atomic mass is 10.0. The number of piperazine rings is 1. The van der Waals surface area contributed by atoms with E-state index in [0.717, 1.165) is 30.9 Å².